The second-order valence-electron chi connectivity index (χ2n) is 7.06. The number of halogens is 3. The zero-order chi connectivity index (χ0) is 18.8. The van der Waals surface area contributed by atoms with Crippen LogP contribution >= 0.6 is 0 Å². The van der Waals surface area contributed by atoms with Gasteiger partial charge in [0.05, 0.1) is 5.41 Å². The summed E-state index contributed by atoms with van der Waals surface area (Å²) in [7, 11) is 0. The van der Waals surface area contributed by atoms with Crippen molar-refractivity contribution in [2.24, 2.45) is 0 Å². The van der Waals surface area contributed by atoms with E-state index in [9.17, 15) is 18.0 Å². The summed E-state index contributed by atoms with van der Waals surface area (Å²) in [6.07, 6.45) is -3.38. The third kappa shape index (κ3) is 2.08. The largest absolute Gasteiger partial charge is 0.471 e. The van der Waals surface area contributed by atoms with Crippen LogP contribution in [0.1, 0.15) is 17.5 Å². The molecule has 0 spiro atoms. The number of fused-ring (bicyclic) bond motifs is 4. The van der Waals surface area contributed by atoms with E-state index in [1.165, 1.54) is 0 Å². The standard InChI is InChI=1S/C20H16F3N3O/c21-20(22,23)18(27)26-10-9-19(13-6-2-4-8-16(13)25-17(19)26)14-11-24-15-7-3-1-5-12(14)15/h1-8,11,17,24-25H,9-10H2/t17-,19-/m1/s1. The molecule has 1 amide bonds. The molecule has 0 unspecified atom stereocenters. The number of alkyl halides is 3. The zero-order valence-electron chi connectivity index (χ0n) is 14.2. The Labute approximate surface area is 153 Å². The first-order chi connectivity index (χ1) is 12.9. The lowest BCUT2D eigenvalue weighted by Crippen LogP contribution is -2.50. The lowest BCUT2D eigenvalue weighted by atomic mass is 9.73. The van der Waals surface area contributed by atoms with E-state index in [2.05, 4.69) is 10.3 Å². The van der Waals surface area contributed by atoms with E-state index in [1.54, 1.807) is 0 Å². The van der Waals surface area contributed by atoms with Crippen molar-refractivity contribution in [1.29, 1.82) is 0 Å². The predicted octanol–water partition coefficient (Wildman–Crippen LogP) is 4.00. The number of anilines is 1. The molecule has 0 saturated carbocycles. The number of hydrogen-bond donors (Lipinski definition) is 2. The molecule has 2 aliphatic rings. The van der Waals surface area contributed by atoms with Gasteiger partial charge in [0.15, 0.2) is 0 Å². The van der Waals surface area contributed by atoms with Crippen LogP contribution in [0.3, 0.4) is 0 Å². The molecule has 1 fully saturated rings. The number of carbonyl (C=O) groups is 1. The topological polar surface area (TPSA) is 48.1 Å². The molecule has 0 bridgehead atoms. The van der Waals surface area contributed by atoms with Crippen molar-refractivity contribution in [3.63, 3.8) is 0 Å². The van der Waals surface area contributed by atoms with Crippen LogP contribution in [0.4, 0.5) is 18.9 Å². The van der Waals surface area contributed by atoms with Gasteiger partial charge in [-0.3, -0.25) is 4.79 Å². The van der Waals surface area contributed by atoms with Crippen LogP contribution in [0.5, 0.6) is 0 Å². The van der Waals surface area contributed by atoms with E-state index in [0.29, 0.717) is 6.42 Å². The molecule has 2 aliphatic heterocycles. The average Bonchev–Trinajstić information content (AvgIpc) is 3.30. The van der Waals surface area contributed by atoms with Gasteiger partial charge in [-0.25, -0.2) is 0 Å². The van der Waals surface area contributed by atoms with Crippen molar-refractivity contribution >= 4 is 22.5 Å². The van der Waals surface area contributed by atoms with Crippen molar-refractivity contribution in [1.82, 2.24) is 9.88 Å². The lowest BCUT2D eigenvalue weighted by Gasteiger charge is -2.33. The number of H-pyrrole nitrogens is 1. The molecule has 0 radical (unpaired) electrons. The van der Waals surface area contributed by atoms with Crippen LogP contribution in [0.2, 0.25) is 0 Å². The molecule has 7 heteroatoms. The minimum absolute atomic E-state index is 0.0455. The summed E-state index contributed by atoms with van der Waals surface area (Å²) in [5, 5.41) is 4.14. The molecule has 2 aromatic carbocycles. The van der Waals surface area contributed by atoms with Gasteiger partial charge in [-0.15, -0.1) is 0 Å². The highest BCUT2D eigenvalue weighted by molar-refractivity contribution is 5.89. The third-order valence-electron chi connectivity index (χ3n) is 5.80. The summed E-state index contributed by atoms with van der Waals surface area (Å²) in [6.45, 7) is 0.0455. The molecule has 5 rings (SSSR count). The van der Waals surface area contributed by atoms with Crippen molar-refractivity contribution < 1.29 is 18.0 Å². The summed E-state index contributed by atoms with van der Waals surface area (Å²) in [5.41, 5.74) is 2.81. The van der Waals surface area contributed by atoms with E-state index in [0.717, 1.165) is 32.6 Å². The fourth-order valence-electron chi connectivity index (χ4n) is 4.71. The van der Waals surface area contributed by atoms with E-state index < -0.39 is 23.7 Å². The molecule has 0 aliphatic carbocycles. The molecule has 27 heavy (non-hydrogen) atoms. The maximum Gasteiger partial charge on any atom is 0.471 e. The Bertz CT molecular complexity index is 1060. The van der Waals surface area contributed by atoms with E-state index >= 15 is 0 Å². The van der Waals surface area contributed by atoms with E-state index in [4.69, 9.17) is 0 Å². The molecule has 1 saturated heterocycles. The summed E-state index contributed by atoms with van der Waals surface area (Å²) < 4.78 is 39.5. The highest BCUT2D eigenvalue weighted by atomic mass is 19.4. The SMILES string of the molecule is O=C(N1CC[C@]2(c3c[nH]c4ccccc34)c3ccccc3N[C@H]12)C(F)(F)F. The van der Waals surface area contributed by atoms with Gasteiger partial charge in [0.25, 0.3) is 0 Å². The Hall–Kier alpha value is -2.96. The second-order valence-corrected chi connectivity index (χ2v) is 7.06. The van der Waals surface area contributed by atoms with Gasteiger partial charge < -0.3 is 15.2 Å². The van der Waals surface area contributed by atoms with E-state index in [1.807, 2.05) is 54.7 Å². The molecular weight excluding hydrogens is 355 g/mol. The number of hydrogen-bond acceptors (Lipinski definition) is 2. The van der Waals surface area contributed by atoms with Gasteiger partial charge in [0, 0.05) is 29.3 Å². The number of carbonyl (C=O) groups excluding carboxylic acids is 1. The zero-order valence-corrected chi connectivity index (χ0v) is 14.2. The molecule has 4 nitrogen and oxygen atoms in total. The van der Waals surface area contributed by atoms with Gasteiger partial charge in [0.2, 0.25) is 0 Å². The number of rotatable bonds is 1. The number of benzene rings is 2. The number of nitrogens with one attached hydrogen (secondary N) is 2. The van der Waals surface area contributed by atoms with Crippen LogP contribution in [-0.2, 0) is 10.2 Å². The summed E-state index contributed by atoms with van der Waals surface area (Å²) >= 11 is 0. The summed E-state index contributed by atoms with van der Waals surface area (Å²) in [4.78, 5) is 16.2. The van der Waals surface area contributed by atoms with Gasteiger partial charge in [-0.2, -0.15) is 13.2 Å². The van der Waals surface area contributed by atoms with Crippen molar-refractivity contribution in [3.05, 3.63) is 65.9 Å². The Balaban J connectivity index is 1.73. The summed E-state index contributed by atoms with van der Waals surface area (Å²) in [6, 6.07) is 15.2. The first-order valence-electron chi connectivity index (χ1n) is 8.73. The number of nitrogens with zero attached hydrogens (tertiary/aromatic N) is 1. The van der Waals surface area contributed by atoms with Crippen LogP contribution in [0.25, 0.3) is 10.9 Å². The molecule has 2 atom stereocenters. The number of para-hydroxylation sites is 2. The number of likely N-dealkylation sites (tertiary alicyclic amines) is 1. The number of aromatic amines is 1. The fourth-order valence-corrected chi connectivity index (χ4v) is 4.71. The first kappa shape index (κ1) is 16.2. The van der Waals surface area contributed by atoms with Crippen molar-refractivity contribution in [3.8, 4) is 0 Å². The highest BCUT2D eigenvalue weighted by Gasteiger charge is 2.59. The maximum atomic E-state index is 13.2. The van der Waals surface area contributed by atoms with Crippen molar-refractivity contribution in [2.75, 3.05) is 11.9 Å². The van der Waals surface area contributed by atoms with Crippen molar-refractivity contribution in [2.45, 2.75) is 24.2 Å². The third-order valence-corrected chi connectivity index (χ3v) is 5.80. The maximum absolute atomic E-state index is 13.2. The molecule has 3 aromatic rings. The van der Waals surface area contributed by atoms with Gasteiger partial charge in [-0.1, -0.05) is 36.4 Å². The number of amides is 1. The second kappa shape index (κ2) is 5.28. The van der Waals surface area contributed by atoms with Gasteiger partial charge >= 0.3 is 12.1 Å². The minimum atomic E-state index is -4.90. The Morgan fingerprint density at radius 2 is 1.81 bits per heavy atom. The van der Waals surface area contributed by atoms with Crippen LogP contribution in [0, 0.1) is 0 Å². The number of aromatic nitrogens is 1. The fraction of sp³-hybridized carbons (Fsp3) is 0.250. The van der Waals surface area contributed by atoms with Gasteiger partial charge in [-0.05, 0) is 29.7 Å². The quantitative estimate of drug-likeness (QED) is 0.679. The van der Waals surface area contributed by atoms with Gasteiger partial charge in [0.1, 0.15) is 6.17 Å². The molecule has 2 N–H and O–H groups in total. The summed E-state index contributed by atoms with van der Waals surface area (Å²) in [5.74, 6) is -1.80. The molecule has 3 heterocycles. The normalized spacial score (nSPS) is 24.0. The molecule has 138 valence electrons. The van der Waals surface area contributed by atoms with Crippen LogP contribution in [-0.4, -0.2) is 34.7 Å². The smallest absolute Gasteiger partial charge is 0.364 e. The average molecular weight is 371 g/mol. The highest BCUT2D eigenvalue weighted by Crippen LogP contribution is 2.54. The lowest BCUT2D eigenvalue weighted by molar-refractivity contribution is -0.186. The predicted molar refractivity (Wildman–Crippen MR) is 95.3 cm³/mol. The van der Waals surface area contributed by atoms with E-state index in [-0.39, 0.29) is 6.54 Å². The van der Waals surface area contributed by atoms with Crippen LogP contribution < -0.4 is 5.32 Å². The Morgan fingerprint density at radius 3 is 2.63 bits per heavy atom. The molecular formula is C20H16F3N3O. The Kier molecular flexibility index (Phi) is 3.17. The first-order valence-corrected chi connectivity index (χ1v) is 8.73. The molecule has 1 aromatic heterocycles. The minimum Gasteiger partial charge on any atom is -0.364 e. The monoisotopic (exact) mass is 371 g/mol. The Morgan fingerprint density at radius 1 is 1.07 bits per heavy atom. The van der Waals surface area contributed by atoms with Crippen LogP contribution in [0.15, 0.2) is 54.7 Å².